The molecule has 1 atom stereocenters. The van der Waals surface area contributed by atoms with Gasteiger partial charge in [0, 0.05) is 24.4 Å². The lowest BCUT2D eigenvalue weighted by atomic mass is 9.99. The molecule has 1 aromatic heterocycles. The van der Waals surface area contributed by atoms with E-state index in [9.17, 15) is 0 Å². The van der Waals surface area contributed by atoms with E-state index >= 15 is 0 Å². The van der Waals surface area contributed by atoms with E-state index in [4.69, 9.17) is 9.84 Å². The highest BCUT2D eigenvalue weighted by Crippen LogP contribution is 2.26. The summed E-state index contributed by atoms with van der Waals surface area (Å²) in [5, 5.41) is 8.48. The van der Waals surface area contributed by atoms with Crippen LogP contribution >= 0.6 is 0 Å². The molecule has 1 aromatic rings. The highest BCUT2D eigenvalue weighted by Gasteiger charge is 2.21. The molecule has 116 valence electrons. The van der Waals surface area contributed by atoms with Crippen molar-refractivity contribution in [3.05, 3.63) is 17.0 Å². The number of aryl methyl sites for hydroxylation is 1. The third-order valence-electron chi connectivity index (χ3n) is 3.75. The van der Waals surface area contributed by atoms with Crippen LogP contribution in [-0.4, -0.2) is 30.0 Å². The van der Waals surface area contributed by atoms with Crippen molar-refractivity contribution in [2.45, 2.75) is 66.0 Å². The van der Waals surface area contributed by atoms with E-state index in [-0.39, 0.29) is 0 Å². The van der Waals surface area contributed by atoms with Crippen molar-refractivity contribution in [2.24, 2.45) is 0 Å². The molecule has 1 N–H and O–H groups in total. The summed E-state index contributed by atoms with van der Waals surface area (Å²) in [6.45, 7) is 11.5. The molecule has 0 aromatic carbocycles. The molecule has 0 spiro atoms. The number of nitrogens with zero attached hydrogens (tertiary/aromatic N) is 2. The minimum absolute atomic E-state index is 0.427. The van der Waals surface area contributed by atoms with Crippen LogP contribution in [0.4, 0.5) is 0 Å². The SMILES string of the molecule is CCCNC(CC)c1c(CC)nn(CCOC)c1CC. The molecule has 0 saturated carbocycles. The zero-order valence-corrected chi connectivity index (χ0v) is 13.8. The van der Waals surface area contributed by atoms with Gasteiger partial charge in [-0.15, -0.1) is 0 Å². The lowest BCUT2D eigenvalue weighted by Gasteiger charge is -2.19. The molecule has 4 heteroatoms. The van der Waals surface area contributed by atoms with Gasteiger partial charge in [0.2, 0.25) is 0 Å². The van der Waals surface area contributed by atoms with E-state index in [1.165, 1.54) is 17.0 Å². The molecule has 0 aliphatic carbocycles. The number of nitrogens with one attached hydrogen (secondary N) is 1. The van der Waals surface area contributed by atoms with Crippen molar-refractivity contribution in [3.8, 4) is 0 Å². The summed E-state index contributed by atoms with van der Waals surface area (Å²) < 4.78 is 7.35. The van der Waals surface area contributed by atoms with Gasteiger partial charge in [0.15, 0.2) is 0 Å². The minimum Gasteiger partial charge on any atom is -0.383 e. The topological polar surface area (TPSA) is 39.1 Å². The fourth-order valence-corrected chi connectivity index (χ4v) is 2.73. The zero-order chi connectivity index (χ0) is 15.0. The van der Waals surface area contributed by atoms with Crippen molar-refractivity contribution in [1.29, 1.82) is 0 Å². The van der Waals surface area contributed by atoms with E-state index < -0.39 is 0 Å². The van der Waals surface area contributed by atoms with E-state index in [2.05, 4.69) is 37.7 Å². The molecule has 0 fully saturated rings. The molecule has 20 heavy (non-hydrogen) atoms. The van der Waals surface area contributed by atoms with Crippen molar-refractivity contribution < 1.29 is 4.74 Å². The normalized spacial score (nSPS) is 12.8. The molecule has 4 nitrogen and oxygen atoms in total. The smallest absolute Gasteiger partial charge is 0.0672 e. The second-order valence-electron chi connectivity index (χ2n) is 5.15. The van der Waals surface area contributed by atoms with Gasteiger partial charge in [-0.1, -0.05) is 27.7 Å². The van der Waals surface area contributed by atoms with Crippen LogP contribution in [0, 0.1) is 0 Å². The first-order chi connectivity index (χ1) is 9.73. The van der Waals surface area contributed by atoms with E-state index in [0.717, 1.165) is 45.4 Å². The summed E-state index contributed by atoms with van der Waals surface area (Å²) in [5.41, 5.74) is 4.05. The number of hydrogen-bond acceptors (Lipinski definition) is 3. The van der Waals surface area contributed by atoms with Gasteiger partial charge >= 0.3 is 0 Å². The van der Waals surface area contributed by atoms with Crippen LogP contribution in [0.25, 0.3) is 0 Å². The summed E-state index contributed by atoms with van der Waals surface area (Å²) in [5.74, 6) is 0. The second kappa shape index (κ2) is 9.14. The van der Waals surface area contributed by atoms with Crippen LogP contribution in [0.5, 0.6) is 0 Å². The molecular formula is C16H31N3O. The molecule has 1 heterocycles. The fourth-order valence-electron chi connectivity index (χ4n) is 2.73. The Morgan fingerprint density at radius 2 is 1.95 bits per heavy atom. The van der Waals surface area contributed by atoms with Crippen LogP contribution in [0.3, 0.4) is 0 Å². The lowest BCUT2D eigenvalue weighted by Crippen LogP contribution is -2.23. The number of methoxy groups -OCH3 is 1. The largest absolute Gasteiger partial charge is 0.383 e. The van der Waals surface area contributed by atoms with Gasteiger partial charge in [0.05, 0.1) is 18.8 Å². The van der Waals surface area contributed by atoms with Gasteiger partial charge in [-0.05, 0) is 32.2 Å². The molecule has 0 amide bonds. The van der Waals surface area contributed by atoms with Crippen LogP contribution in [0.1, 0.15) is 63.5 Å². The molecule has 0 saturated heterocycles. The standard InChI is InChI=1S/C16H31N3O/c1-6-10-17-13(7-2)16-14(8-3)18-19(11-12-20-5)15(16)9-4/h13,17H,6-12H2,1-5H3. The van der Waals surface area contributed by atoms with Crippen LogP contribution in [-0.2, 0) is 24.1 Å². The Morgan fingerprint density at radius 3 is 2.45 bits per heavy atom. The average molecular weight is 281 g/mol. The number of ether oxygens (including phenoxy) is 1. The Labute approximate surface area is 123 Å². The Kier molecular flexibility index (Phi) is 7.85. The van der Waals surface area contributed by atoms with Crippen molar-refractivity contribution in [1.82, 2.24) is 15.1 Å². The first-order valence-electron chi connectivity index (χ1n) is 8.04. The van der Waals surface area contributed by atoms with Gasteiger partial charge in [-0.3, -0.25) is 4.68 Å². The predicted octanol–water partition coefficient (Wildman–Crippen LogP) is 3.11. The summed E-state index contributed by atoms with van der Waals surface area (Å²) in [6.07, 6.45) is 4.29. The number of aromatic nitrogens is 2. The van der Waals surface area contributed by atoms with E-state index in [0.29, 0.717) is 6.04 Å². The third kappa shape index (κ3) is 4.06. The number of rotatable bonds is 10. The quantitative estimate of drug-likeness (QED) is 0.716. The van der Waals surface area contributed by atoms with Gasteiger partial charge in [-0.2, -0.15) is 5.10 Å². The molecule has 0 aliphatic heterocycles. The Morgan fingerprint density at radius 1 is 1.20 bits per heavy atom. The predicted molar refractivity (Wildman–Crippen MR) is 84.2 cm³/mol. The highest BCUT2D eigenvalue weighted by atomic mass is 16.5. The Bertz CT molecular complexity index is 387. The summed E-state index contributed by atoms with van der Waals surface area (Å²) in [6, 6.07) is 0.427. The fraction of sp³-hybridized carbons (Fsp3) is 0.812. The van der Waals surface area contributed by atoms with Gasteiger partial charge in [-0.25, -0.2) is 0 Å². The molecule has 1 rings (SSSR count). The first-order valence-corrected chi connectivity index (χ1v) is 8.04. The molecular weight excluding hydrogens is 250 g/mol. The maximum absolute atomic E-state index is 5.20. The van der Waals surface area contributed by atoms with Crippen molar-refractivity contribution >= 4 is 0 Å². The first kappa shape index (κ1) is 17.2. The Hall–Kier alpha value is -0.870. The summed E-state index contributed by atoms with van der Waals surface area (Å²) in [7, 11) is 1.74. The minimum atomic E-state index is 0.427. The van der Waals surface area contributed by atoms with Crippen molar-refractivity contribution in [2.75, 3.05) is 20.3 Å². The van der Waals surface area contributed by atoms with Gasteiger partial charge < -0.3 is 10.1 Å². The monoisotopic (exact) mass is 281 g/mol. The van der Waals surface area contributed by atoms with E-state index in [1.807, 2.05) is 0 Å². The van der Waals surface area contributed by atoms with Crippen LogP contribution in [0.2, 0.25) is 0 Å². The zero-order valence-electron chi connectivity index (χ0n) is 13.8. The third-order valence-corrected chi connectivity index (χ3v) is 3.75. The van der Waals surface area contributed by atoms with Crippen molar-refractivity contribution in [3.63, 3.8) is 0 Å². The van der Waals surface area contributed by atoms with Gasteiger partial charge in [0.25, 0.3) is 0 Å². The van der Waals surface area contributed by atoms with Crippen LogP contribution < -0.4 is 5.32 Å². The molecule has 1 unspecified atom stereocenters. The van der Waals surface area contributed by atoms with Crippen LogP contribution in [0.15, 0.2) is 0 Å². The molecule has 0 radical (unpaired) electrons. The number of hydrogen-bond donors (Lipinski definition) is 1. The lowest BCUT2D eigenvalue weighted by molar-refractivity contribution is 0.182. The van der Waals surface area contributed by atoms with E-state index in [1.54, 1.807) is 7.11 Å². The Balaban J connectivity index is 3.09. The average Bonchev–Trinajstić information content (AvgIpc) is 2.83. The second-order valence-corrected chi connectivity index (χ2v) is 5.15. The maximum Gasteiger partial charge on any atom is 0.0672 e. The molecule has 0 bridgehead atoms. The van der Waals surface area contributed by atoms with Gasteiger partial charge in [0.1, 0.15) is 0 Å². The maximum atomic E-state index is 5.20. The molecule has 0 aliphatic rings. The summed E-state index contributed by atoms with van der Waals surface area (Å²) >= 11 is 0. The summed E-state index contributed by atoms with van der Waals surface area (Å²) in [4.78, 5) is 0. The highest BCUT2D eigenvalue weighted by molar-refractivity contribution is 5.30.